The summed E-state index contributed by atoms with van der Waals surface area (Å²) in [5.41, 5.74) is 3.69. The van der Waals surface area contributed by atoms with E-state index < -0.39 is 4.92 Å². The van der Waals surface area contributed by atoms with Crippen LogP contribution in [0.3, 0.4) is 0 Å². The highest BCUT2D eigenvalue weighted by atomic mass is 16.6. The lowest BCUT2D eigenvalue weighted by Gasteiger charge is -2.25. The second-order valence-corrected chi connectivity index (χ2v) is 5.35. The number of rotatable bonds is 7. The van der Waals surface area contributed by atoms with E-state index >= 15 is 0 Å². The van der Waals surface area contributed by atoms with Gasteiger partial charge in [-0.3, -0.25) is 20.9 Å². The zero-order valence-corrected chi connectivity index (χ0v) is 12.0. The highest BCUT2D eigenvalue weighted by molar-refractivity contribution is 5.65. The van der Waals surface area contributed by atoms with Crippen LogP contribution in [0.4, 0.5) is 11.4 Å². The Bertz CT molecular complexity index is 495. The molecule has 2 rings (SSSR count). The zero-order chi connectivity index (χ0) is 15.2. The molecule has 1 aliphatic heterocycles. The molecule has 1 unspecified atom stereocenters. The molecular weight excluding hydrogens is 272 g/mol. The number of aliphatic hydroxyl groups excluding tert-OH is 1. The minimum atomic E-state index is -0.425. The van der Waals surface area contributed by atoms with Crippen LogP contribution in [-0.2, 0) is 6.54 Å². The van der Waals surface area contributed by atoms with Gasteiger partial charge in [0.05, 0.1) is 4.92 Å². The fourth-order valence-electron chi connectivity index (χ4n) is 3.01. The van der Waals surface area contributed by atoms with Crippen LogP contribution < -0.4 is 11.3 Å². The molecule has 0 amide bonds. The number of anilines is 1. The molecule has 0 aromatic heterocycles. The van der Waals surface area contributed by atoms with Gasteiger partial charge in [0.15, 0.2) is 0 Å². The molecule has 7 nitrogen and oxygen atoms in total. The summed E-state index contributed by atoms with van der Waals surface area (Å²) in [6.07, 6.45) is 3.98. The van der Waals surface area contributed by atoms with Crippen LogP contribution in [0, 0.1) is 10.1 Å². The van der Waals surface area contributed by atoms with Gasteiger partial charge >= 0.3 is 0 Å². The average Bonchev–Trinajstić information content (AvgIpc) is 2.92. The number of nitrogens with zero attached hydrogens (tertiary/aromatic N) is 2. The number of benzene rings is 1. The van der Waals surface area contributed by atoms with E-state index in [4.69, 9.17) is 10.9 Å². The van der Waals surface area contributed by atoms with Crippen LogP contribution in [-0.4, -0.2) is 34.1 Å². The van der Waals surface area contributed by atoms with Gasteiger partial charge in [0, 0.05) is 25.3 Å². The Morgan fingerprint density at radius 2 is 2.33 bits per heavy atom. The van der Waals surface area contributed by atoms with Crippen molar-refractivity contribution in [2.45, 2.75) is 38.3 Å². The molecule has 1 atom stereocenters. The predicted molar refractivity (Wildman–Crippen MR) is 80.7 cm³/mol. The number of hydrazine groups is 1. The number of nitrogens with one attached hydrogen (secondary N) is 1. The molecule has 4 N–H and O–H groups in total. The summed E-state index contributed by atoms with van der Waals surface area (Å²) in [6.45, 7) is 1.82. The van der Waals surface area contributed by atoms with Gasteiger partial charge in [0.25, 0.3) is 5.69 Å². The highest BCUT2D eigenvalue weighted by Gasteiger charge is 2.26. The molecule has 0 saturated carbocycles. The van der Waals surface area contributed by atoms with Crippen LogP contribution in [0.15, 0.2) is 18.2 Å². The molecule has 0 radical (unpaired) electrons. The van der Waals surface area contributed by atoms with Gasteiger partial charge in [-0.2, -0.15) is 0 Å². The lowest BCUT2D eigenvalue weighted by atomic mass is 10.1. The molecule has 1 heterocycles. The third kappa shape index (κ3) is 3.69. The maximum absolute atomic E-state index is 11.0. The van der Waals surface area contributed by atoms with E-state index in [0.717, 1.165) is 37.8 Å². The molecule has 1 saturated heterocycles. The van der Waals surface area contributed by atoms with E-state index in [9.17, 15) is 10.1 Å². The Labute approximate surface area is 123 Å². The summed E-state index contributed by atoms with van der Waals surface area (Å²) in [4.78, 5) is 12.9. The summed E-state index contributed by atoms with van der Waals surface area (Å²) in [7, 11) is 0. The van der Waals surface area contributed by atoms with Gasteiger partial charge in [-0.15, -0.1) is 0 Å². The topological polar surface area (TPSA) is 105 Å². The molecule has 0 bridgehead atoms. The number of nitro benzene ring substituents is 1. The summed E-state index contributed by atoms with van der Waals surface area (Å²) >= 11 is 0. The average molecular weight is 294 g/mol. The zero-order valence-electron chi connectivity index (χ0n) is 12.0. The molecule has 7 heteroatoms. The van der Waals surface area contributed by atoms with Gasteiger partial charge in [-0.1, -0.05) is 12.1 Å². The molecule has 21 heavy (non-hydrogen) atoms. The summed E-state index contributed by atoms with van der Waals surface area (Å²) in [6, 6.07) is 5.44. The van der Waals surface area contributed by atoms with E-state index in [1.807, 2.05) is 6.07 Å². The van der Waals surface area contributed by atoms with Crippen LogP contribution in [0.2, 0.25) is 0 Å². The van der Waals surface area contributed by atoms with Crippen LogP contribution in [0.1, 0.15) is 31.2 Å². The highest BCUT2D eigenvalue weighted by Crippen LogP contribution is 2.31. The van der Waals surface area contributed by atoms with E-state index in [1.165, 1.54) is 6.07 Å². The van der Waals surface area contributed by atoms with Crippen molar-refractivity contribution in [2.75, 3.05) is 18.6 Å². The summed E-state index contributed by atoms with van der Waals surface area (Å²) in [5.74, 6) is 5.47. The second-order valence-electron chi connectivity index (χ2n) is 5.35. The van der Waals surface area contributed by atoms with Gasteiger partial charge in [0.2, 0.25) is 0 Å². The first kappa shape index (κ1) is 15.7. The van der Waals surface area contributed by atoms with Crippen LogP contribution >= 0.6 is 0 Å². The predicted octanol–water partition coefficient (Wildman–Crippen LogP) is 1.62. The van der Waals surface area contributed by atoms with Crippen molar-refractivity contribution in [3.05, 3.63) is 33.9 Å². The quantitative estimate of drug-likeness (QED) is 0.401. The van der Waals surface area contributed by atoms with Crippen molar-refractivity contribution in [1.29, 1.82) is 0 Å². The SMILES string of the molecule is NNc1c(CN2CCCC2CCCO)cccc1[N+](=O)[O-]. The van der Waals surface area contributed by atoms with Gasteiger partial charge < -0.3 is 10.5 Å². The van der Waals surface area contributed by atoms with Gasteiger partial charge in [0.1, 0.15) is 5.69 Å². The van der Waals surface area contributed by atoms with Crippen molar-refractivity contribution in [2.24, 2.45) is 5.84 Å². The molecule has 0 spiro atoms. The molecular formula is C14H22N4O3. The minimum absolute atomic E-state index is 0.00102. The summed E-state index contributed by atoms with van der Waals surface area (Å²) in [5, 5.41) is 20.0. The fourth-order valence-corrected chi connectivity index (χ4v) is 3.01. The summed E-state index contributed by atoms with van der Waals surface area (Å²) < 4.78 is 0. The lowest BCUT2D eigenvalue weighted by molar-refractivity contribution is -0.384. The normalized spacial score (nSPS) is 18.9. The maximum Gasteiger partial charge on any atom is 0.293 e. The van der Waals surface area contributed by atoms with E-state index in [-0.39, 0.29) is 12.3 Å². The van der Waals surface area contributed by atoms with E-state index in [0.29, 0.717) is 18.3 Å². The molecule has 1 aromatic rings. The Balaban J connectivity index is 2.15. The Kier molecular flexibility index (Phi) is 5.49. The van der Waals surface area contributed by atoms with Crippen molar-refractivity contribution < 1.29 is 10.0 Å². The van der Waals surface area contributed by atoms with Crippen molar-refractivity contribution >= 4 is 11.4 Å². The van der Waals surface area contributed by atoms with Gasteiger partial charge in [-0.05, 0) is 37.8 Å². The maximum atomic E-state index is 11.0. The monoisotopic (exact) mass is 294 g/mol. The lowest BCUT2D eigenvalue weighted by Crippen LogP contribution is -2.29. The minimum Gasteiger partial charge on any atom is -0.396 e. The number of aliphatic hydroxyl groups is 1. The first-order chi connectivity index (χ1) is 10.2. The Morgan fingerprint density at radius 1 is 1.52 bits per heavy atom. The van der Waals surface area contributed by atoms with Gasteiger partial charge in [-0.25, -0.2) is 0 Å². The van der Waals surface area contributed by atoms with E-state index in [1.54, 1.807) is 6.07 Å². The molecule has 0 aliphatic carbocycles. The molecule has 1 aliphatic rings. The molecule has 116 valence electrons. The van der Waals surface area contributed by atoms with Crippen LogP contribution in [0.25, 0.3) is 0 Å². The van der Waals surface area contributed by atoms with Crippen molar-refractivity contribution in [1.82, 2.24) is 4.90 Å². The number of nitrogens with two attached hydrogens (primary N) is 1. The van der Waals surface area contributed by atoms with Crippen LogP contribution in [0.5, 0.6) is 0 Å². The Hall–Kier alpha value is -1.70. The number of likely N-dealkylation sites (tertiary alicyclic amines) is 1. The van der Waals surface area contributed by atoms with Crippen molar-refractivity contribution in [3.8, 4) is 0 Å². The third-order valence-corrected chi connectivity index (χ3v) is 4.04. The number of hydrogen-bond acceptors (Lipinski definition) is 6. The third-order valence-electron chi connectivity index (χ3n) is 4.04. The number of hydrogen-bond donors (Lipinski definition) is 3. The number of nitrogen functional groups attached to an aromatic ring is 1. The van der Waals surface area contributed by atoms with Crippen molar-refractivity contribution in [3.63, 3.8) is 0 Å². The Morgan fingerprint density at radius 3 is 3.00 bits per heavy atom. The number of nitro groups is 1. The first-order valence-electron chi connectivity index (χ1n) is 7.25. The second kappa shape index (κ2) is 7.35. The first-order valence-corrected chi connectivity index (χ1v) is 7.25. The standard InChI is InChI=1S/C14H22N4O3/c15-16-14-11(4-1-7-13(14)18(20)21)10-17-8-2-5-12(17)6-3-9-19/h1,4,7,12,16,19H,2-3,5-6,8-10,15H2. The van der Waals surface area contributed by atoms with E-state index in [2.05, 4.69) is 10.3 Å². The number of para-hydroxylation sites is 1. The fraction of sp³-hybridized carbons (Fsp3) is 0.571. The molecule has 1 aromatic carbocycles. The molecule has 1 fully saturated rings. The smallest absolute Gasteiger partial charge is 0.293 e. The largest absolute Gasteiger partial charge is 0.396 e.